The van der Waals surface area contributed by atoms with Crippen LogP contribution in [0.15, 0.2) is 60.7 Å². The minimum atomic E-state index is -0.467. The third-order valence-electron chi connectivity index (χ3n) is 5.87. The standard InChI is InChI=1S/C24H27N3O2/c1-16-10-11-18(27(2)19-13-25-14-19)12-22(16)24(29)26-23(15-28)21-9-5-7-17-6-3-4-8-20(17)21/h3-12,19,23,25,28H,13-15H2,1-2H3,(H,26,29). The fraction of sp³-hybridized carbons (Fsp3) is 0.292. The Morgan fingerprint density at radius 1 is 1.17 bits per heavy atom. The van der Waals surface area contributed by atoms with Gasteiger partial charge in [-0.3, -0.25) is 4.79 Å². The Morgan fingerprint density at radius 2 is 1.93 bits per heavy atom. The van der Waals surface area contributed by atoms with Crippen LogP contribution in [0.2, 0.25) is 0 Å². The summed E-state index contributed by atoms with van der Waals surface area (Å²) in [4.78, 5) is 15.3. The zero-order valence-corrected chi connectivity index (χ0v) is 16.9. The van der Waals surface area contributed by atoms with Gasteiger partial charge in [0.1, 0.15) is 0 Å². The van der Waals surface area contributed by atoms with Crippen LogP contribution in [0.5, 0.6) is 0 Å². The van der Waals surface area contributed by atoms with Gasteiger partial charge in [-0.1, -0.05) is 48.5 Å². The van der Waals surface area contributed by atoms with E-state index in [4.69, 9.17) is 0 Å². The van der Waals surface area contributed by atoms with E-state index in [2.05, 4.69) is 28.6 Å². The fourth-order valence-electron chi connectivity index (χ4n) is 3.84. The molecule has 1 heterocycles. The molecule has 0 spiro atoms. The molecule has 1 amide bonds. The van der Waals surface area contributed by atoms with E-state index in [0.717, 1.165) is 40.7 Å². The van der Waals surface area contributed by atoms with Crippen molar-refractivity contribution in [1.29, 1.82) is 0 Å². The summed E-state index contributed by atoms with van der Waals surface area (Å²) in [5.41, 5.74) is 3.50. The Labute approximate surface area is 171 Å². The van der Waals surface area contributed by atoms with E-state index >= 15 is 0 Å². The molecule has 4 rings (SSSR count). The van der Waals surface area contributed by atoms with Crippen molar-refractivity contribution in [3.05, 3.63) is 77.4 Å². The van der Waals surface area contributed by atoms with Gasteiger partial charge in [-0.25, -0.2) is 0 Å². The van der Waals surface area contributed by atoms with Gasteiger partial charge < -0.3 is 20.6 Å². The minimum Gasteiger partial charge on any atom is -0.394 e. The molecule has 1 saturated heterocycles. The molecule has 3 aromatic carbocycles. The topological polar surface area (TPSA) is 64.6 Å². The molecular weight excluding hydrogens is 362 g/mol. The van der Waals surface area contributed by atoms with Gasteiger partial charge >= 0.3 is 0 Å². The number of nitrogens with zero attached hydrogens (tertiary/aromatic N) is 1. The molecule has 0 radical (unpaired) electrons. The van der Waals surface area contributed by atoms with Gasteiger partial charge in [-0.15, -0.1) is 0 Å². The van der Waals surface area contributed by atoms with Gasteiger partial charge in [0.25, 0.3) is 5.91 Å². The fourth-order valence-corrected chi connectivity index (χ4v) is 3.84. The first-order chi connectivity index (χ1) is 14.1. The molecule has 1 aliphatic heterocycles. The summed E-state index contributed by atoms with van der Waals surface area (Å²) < 4.78 is 0. The summed E-state index contributed by atoms with van der Waals surface area (Å²) in [5, 5.41) is 18.5. The van der Waals surface area contributed by atoms with Gasteiger partial charge in [0.2, 0.25) is 0 Å². The Hall–Kier alpha value is -2.89. The number of hydrogen-bond donors (Lipinski definition) is 3. The number of anilines is 1. The molecule has 29 heavy (non-hydrogen) atoms. The first kappa shape index (κ1) is 19.4. The molecule has 3 N–H and O–H groups in total. The number of carbonyl (C=O) groups excluding carboxylic acids is 1. The maximum atomic E-state index is 13.1. The molecule has 1 atom stereocenters. The summed E-state index contributed by atoms with van der Waals surface area (Å²) in [6, 6.07) is 19.9. The van der Waals surface area contributed by atoms with E-state index in [1.54, 1.807) is 0 Å². The molecule has 5 heteroatoms. The molecule has 1 unspecified atom stereocenters. The quantitative estimate of drug-likeness (QED) is 0.606. The van der Waals surface area contributed by atoms with Crippen LogP contribution in [-0.4, -0.2) is 43.8 Å². The summed E-state index contributed by atoms with van der Waals surface area (Å²) in [6.07, 6.45) is 0. The molecule has 0 aliphatic carbocycles. The van der Waals surface area contributed by atoms with Gasteiger partial charge in [-0.05, 0) is 41.0 Å². The van der Waals surface area contributed by atoms with Crippen molar-refractivity contribution >= 4 is 22.4 Å². The van der Waals surface area contributed by atoms with E-state index in [-0.39, 0.29) is 12.5 Å². The lowest BCUT2D eigenvalue weighted by Gasteiger charge is -2.37. The van der Waals surface area contributed by atoms with Crippen molar-refractivity contribution in [3.63, 3.8) is 0 Å². The Kier molecular flexibility index (Phi) is 5.51. The second-order valence-corrected chi connectivity index (χ2v) is 7.70. The van der Waals surface area contributed by atoms with Crippen molar-refractivity contribution in [1.82, 2.24) is 10.6 Å². The average molecular weight is 389 g/mol. The van der Waals surface area contributed by atoms with Crippen LogP contribution in [0.3, 0.4) is 0 Å². The van der Waals surface area contributed by atoms with E-state index in [9.17, 15) is 9.90 Å². The second kappa shape index (κ2) is 8.23. The molecule has 5 nitrogen and oxygen atoms in total. The molecule has 0 saturated carbocycles. The van der Waals surface area contributed by atoms with Crippen LogP contribution < -0.4 is 15.5 Å². The number of carbonyl (C=O) groups is 1. The lowest BCUT2D eigenvalue weighted by atomic mass is 9.98. The molecule has 0 aromatic heterocycles. The lowest BCUT2D eigenvalue weighted by molar-refractivity contribution is 0.0916. The highest BCUT2D eigenvalue weighted by molar-refractivity contribution is 5.97. The normalized spacial score (nSPS) is 15.0. The highest BCUT2D eigenvalue weighted by Gasteiger charge is 2.23. The summed E-state index contributed by atoms with van der Waals surface area (Å²) in [7, 11) is 2.06. The number of amides is 1. The Morgan fingerprint density at radius 3 is 2.66 bits per heavy atom. The lowest BCUT2D eigenvalue weighted by Crippen LogP contribution is -2.56. The van der Waals surface area contributed by atoms with Gasteiger partial charge in [-0.2, -0.15) is 0 Å². The van der Waals surface area contributed by atoms with Crippen molar-refractivity contribution in [2.75, 3.05) is 31.6 Å². The first-order valence-corrected chi connectivity index (χ1v) is 10.0. The van der Waals surface area contributed by atoms with Gasteiger partial charge in [0.15, 0.2) is 0 Å². The second-order valence-electron chi connectivity index (χ2n) is 7.70. The third kappa shape index (κ3) is 3.84. The number of likely N-dealkylation sites (N-methyl/N-ethyl adjacent to an activating group) is 1. The van der Waals surface area contributed by atoms with E-state index < -0.39 is 6.04 Å². The first-order valence-electron chi connectivity index (χ1n) is 10.0. The average Bonchev–Trinajstić information content (AvgIpc) is 2.70. The Balaban J connectivity index is 1.60. The predicted molar refractivity (Wildman–Crippen MR) is 117 cm³/mol. The van der Waals surface area contributed by atoms with E-state index in [1.807, 2.05) is 61.5 Å². The zero-order chi connectivity index (χ0) is 20.4. The van der Waals surface area contributed by atoms with Crippen LogP contribution in [-0.2, 0) is 0 Å². The van der Waals surface area contributed by atoms with Gasteiger partial charge in [0, 0.05) is 31.4 Å². The molecular formula is C24H27N3O2. The zero-order valence-electron chi connectivity index (χ0n) is 16.9. The molecule has 3 aromatic rings. The maximum Gasteiger partial charge on any atom is 0.252 e. The molecule has 0 bridgehead atoms. The minimum absolute atomic E-state index is 0.161. The van der Waals surface area contributed by atoms with Crippen LogP contribution in [0.4, 0.5) is 5.69 Å². The number of aliphatic hydroxyl groups is 1. The smallest absolute Gasteiger partial charge is 0.252 e. The number of rotatable bonds is 6. The number of hydrogen-bond acceptors (Lipinski definition) is 4. The third-order valence-corrected chi connectivity index (χ3v) is 5.87. The number of benzene rings is 3. The molecule has 1 aliphatic rings. The predicted octanol–water partition coefficient (Wildman–Crippen LogP) is 3.02. The van der Waals surface area contributed by atoms with E-state index in [1.165, 1.54) is 0 Å². The van der Waals surface area contributed by atoms with Crippen molar-refractivity contribution in [3.8, 4) is 0 Å². The SMILES string of the molecule is Cc1ccc(N(C)C2CNC2)cc1C(=O)NC(CO)c1cccc2ccccc12. The number of fused-ring (bicyclic) bond motifs is 1. The van der Waals surface area contributed by atoms with Crippen molar-refractivity contribution < 1.29 is 9.90 Å². The Bertz CT molecular complexity index is 1020. The molecule has 1 fully saturated rings. The van der Waals surface area contributed by atoms with Crippen LogP contribution in [0, 0.1) is 6.92 Å². The monoisotopic (exact) mass is 389 g/mol. The van der Waals surface area contributed by atoms with Crippen LogP contribution in [0.1, 0.15) is 27.5 Å². The number of aliphatic hydroxyl groups excluding tert-OH is 1. The maximum absolute atomic E-state index is 13.1. The molecule has 150 valence electrons. The summed E-state index contributed by atoms with van der Waals surface area (Å²) >= 11 is 0. The highest BCUT2D eigenvalue weighted by Crippen LogP contribution is 2.26. The summed E-state index contributed by atoms with van der Waals surface area (Å²) in [5.74, 6) is -0.170. The number of aryl methyl sites for hydroxylation is 1. The van der Waals surface area contributed by atoms with Crippen molar-refractivity contribution in [2.24, 2.45) is 0 Å². The summed E-state index contributed by atoms with van der Waals surface area (Å²) in [6.45, 7) is 3.70. The van der Waals surface area contributed by atoms with Crippen LogP contribution >= 0.6 is 0 Å². The van der Waals surface area contributed by atoms with Crippen LogP contribution in [0.25, 0.3) is 10.8 Å². The van der Waals surface area contributed by atoms with E-state index in [0.29, 0.717) is 11.6 Å². The highest BCUT2D eigenvalue weighted by atomic mass is 16.3. The van der Waals surface area contributed by atoms with Gasteiger partial charge in [0.05, 0.1) is 18.7 Å². The van der Waals surface area contributed by atoms with Crippen molar-refractivity contribution in [2.45, 2.75) is 19.0 Å². The number of nitrogens with one attached hydrogen (secondary N) is 2. The largest absolute Gasteiger partial charge is 0.394 e.